The van der Waals surface area contributed by atoms with Crippen molar-refractivity contribution in [2.45, 2.75) is 6.54 Å². The SMILES string of the molecule is Cn1nc(-c2ccncc2)nc1CN. The molecule has 14 heavy (non-hydrogen) atoms. The maximum Gasteiger partial charge on any atom is 0.181 e. The predicted molar refractivity (Wildman–Crippen MR) is 52.1 cm³/mol. The number of rotatable bonds is 2. The van der Waals surface area contributed by atoms with Crippen LogP contribution in [0.25, 0.3) is 11.4 Å². The summed E-state index contributed by atoms with van der Waals surface area (Å²) in [5, 5.41) is 4.25. The highest BCUT2D eigenvalue weighted by Crippen LogP contribution is 2.13. The van der Waals surface area contributed by atoms with Gasteiger partial charge in [-0.05, 0) is 12.1 Å². The monoisotopic (exact) mass is 189 g/mol. The summed E-state index contributed by atoms with van der Waals surface area (Å²) < 4.78 is 1.69. The van der Waals surface area contributed by atoms with Gasteiger partial charge in [0.2, 0.25) is 0 Å². The van der Waals surface area contributed by atoms with Gasteiger partial charge in [-0.25, -0.2) is 4.98 Å². The summed E-state index contributed by atoms with van der Waals surface area (Å²) in [6.45, 7) is 0.397. The Morgan fingerprint density at radius 3 is 2.64 bits per heavy atom. The van der Waals surface area contributed by atoms with Crippen LogP contribution in [0.15, 0.2) is 24.5 Å². The van der Waals surface area contributed by atoms with Gasteiger partial charge < -0.3 is 5.73 Å². The Morgan fingerprint density at radius 1 is 1.36 bits per heavy atom. The summed E-state index contributed by atoms with van der Waals surface area (Å²) in [6, 6.07) is 3.74. The quantitative estimate of drug-likeness (QED) is 0.739. The number of nitrogens with two attached hydrogens (primary N) is 1. The van der Waals surface area contributed by atoms with Gasteiger partial charge in [0.15, 0.2) is 5.82 Å². The van der Waals surface area contributed by atoms with Crippen LogP contribution in [0.1, 0.15) is 5.82 Å². The first-order valence-corrected chi connectivity index (χ1v) is 4.31. The molecule has 2 N–H and O–H groups in total. The molecule has 0 aliphatic rings. The van der Waals surface area contributed by atoms with Crippen molar-refractivity contribution in [2.75, 3.05) is 0 Å². The van der Waals surface area contributed by atoms with Gasteiger partial charge in [0.25, 0.3) is 0 Å². The van der Waals surface area contributed by atoms with E-state index in [0.29, 0.717) is 12.4 Å². The Balaban J connectivity index is 2.43. The van der Waals surface area contributed by atoms with E-state index in [1.807, 2.05) is 19.2 Å². The van der Waals surface area contributed by atoms with Gasteiger partial charge in [0.05, 0.1) is 6.54 Å². The third-order valence-electron chi connectivity index (χ3n) is 1.97. The lowest BCUT2D eigenvalue weighted by Crippen LogP contribution is -2.05. The van der Waals surface area contributed by atoms with Crippen LogP contribution in [-0.4, -0.2) is 19.7 Å². The fraction of sp³-hybridized carbons (Fsp3) is 0.222. The van der Waals surface area contributed by atoms with Crippen molar-refractivity contribution in [3.8, 4) is 11.4 Å². The zero-order valence-electron chi connectivity index (χ0n) is 7.88. The van der Waals surface area contributed by atoms with Crippen LogP contribution in [0.2, 0.25) is 0 Å². The van der Waals surface area contributed by atoms with E-state index in [2.05, 4.69) is 15.1 Å². The molecule has 0 aliphatic heterocycles. The smallest absolute Gasteiger partial charge is 0.181 e. The van der Waals surface area contributed by atoms with E-state index >= 15 is 0 Å². The van der Waals surface area contributed by atoms with Crippen molar-refractivity contribution in [2.24, 2.45) is 12.8 Å². The first kappa shape index (κ1) is 8.83. The summed E-state index contributed by atoms with van der Waals surface area (Å²) in [7, 11) is 1.83. The van der Waals surface area contributed by atoms with Crippen molar-refractivity contribution >= 4 is 0 Å². The van der Waals surface area contributed by atoms with Crippen molar-refractivity contribution in [1.29, 1.82) is 0 Å². The van der Waals surface area contributed by atoms with Gasteiger partial charge in [-0.3, -0.25) is 9.67 Å². The minimum Gasteiger partial charge on any atom is -0.324 e. The molecule has 0 aliphatic carbocycles. The molecule has 0 saturated heterocycles. The number of aryl methyl sites for hydroxylation is 1. The van der Waals surface area contributed by atoms with Crippen LogP contribution in [-0.2, 0) is 13.6 Å². The first-order chi connectivity index (χ1) is 6.81. The zero-order chi connectivity index (χ0) is 9.97. The van der Waals surface area contributed by atoms with Gasteiger partial charge in [0.1, 0.15) is 5.82 Å². The van der Waals surface area contributed by atoms with Gasteiger partial charge >= 0.3 is 0 Å². The fourth-order valence-corrected chi connectivity index (χ4v) is 1.22. The topological polar surface area (TPSA) is 69.6 Å². The molecule has 0 bridgehead atoms. The van der Waals surface area contributed by atoms with Crippen LogP contribution in [0, 0.1) is 0 Å². The second kappa shape index (κ2) is 3.55. The highest BCUT2D eigenvalue weighted by molar-refractivity contribution is 5.53. The third-order valence-corrected chi connectivity index (χ3v) is 1.97. The number of hydrogen-bond acceptors (Lipinski definition) is 4. The summed E-state index contributed by atoms with van der Waals surface area (Å²) in [4.78, 5) is 8.23. The number of nitrogens with zero attached hydrogens (tertiary/aromatic N) is 4. The summed E-state index contributed by atoms with van der Waals surface area (Å²) in [5.41, 5.74) is 6.46. The predicted octanol–water partition coefficient (Wildman–Crippen LogP) is 0.336. The molecular weight excluding hydrogens is 178 g/mol. The van der Waals surface area contributed by atoms with Crippen LogP contribution < -0.4 is 5.73 Å². The van der Waals surface area contributed by atoms with E-state index in [4.69, 9.17) is 5.73 Å². The number of pyridine rings is 1. The van der Waals surface area contributed by atoms with Crippen molar-refractivity contribution < 1.29 is 0 Å². The van der Waals surface area contributed by atoms with Crippen molar-refractivity contribution in [1.82, 2.24) is 19.7 Å². The van der Waals surface area contributed by atoms with Gasteiger partial charge in [-0.1, -0.05) is 0 Å². The molecule has 2 heterocycles. The summed E-state index contributed by atoms with van der Waals surface area (Å²) in [5.74, 6) is 1.46. The summed E-state index contributed by atoms with van der Waals surface area (Å²) in [6.07, 6.45) is 3.43. The average molecular weight is 189 g/mol. The van der Waals surface area contributed by atoms with Gasteiger partial charge in [0, 0.05) is 25.0 Å². The van der Waals surface area contributed by atoms with Crippen molar-refractivity contribution in [3.05, 3.63) is 30.4 Å². The molecule has 0 saturated carbocycles. The lowest BCUT2D eigenvalue weighted by atomic mass is 10.2. The summed E-state index contributed by atoms with van der Waals surface area (Å²) >= 11 is 0. The maximum absolute atomic E-state index is 5.51. The molecular formula is C9H11N5. The molecule has 0 amide bonds. The second-order valence-corrected chi connectivity index (χ2v) is 2.92. The molecule has 5 heteroatoms. The number of aromatic nitrogens is 4. The van der Waals surface area contributed by atoms with E-state index in [1.165, 1.54) is 0 Å². The van der Waals surface area contributed by atoms with E-state index in [9.17, 15) is 0 Å². The van der Waals surface area contributed by atoms with E-state index < -0.39 is 0 Å². The van der Waals surface area contributed by atoms with Gasteiger partial charge in [-0.2, -0.15) is 5.10 Å². The molecule has 72 valence electrons. The Bertz CT molecular complexity index is 420. The first-order valence-electron chi connectivity index (χ1n) is 4.31. The van der Waals surface area contributed by atoms with Crippen LogP contribution in [0.3, 0.4) is 0 Å². The molecule has 0 atom stereocenters. The lowest BCUT2D eigenvalue weighted by Gasteiger charge is -1.91. The van der Waals surface area contributed by atoms with Crippen LogP contribution in [0.4, 0.5) is 0 Å². The van der Waals surface area contributed by atoms with E-state index in [1.54, 1.807) is 17.1 Å². The highest BCUT2D eigenvalue weighted by Gasteiger charge is 2.06. The molecule has 5 nitrogen and oxygen atoms in total. The maximum atomic E-state index is 5.51. The molecule has 2 aromatic heterocycles. The third kappa shape index (κ3) is 1.49. The Hall–Kier alpha value is -1.75. The second-order valence-electron chi connectivity index (χ2n) is 2.92. The molecule has 0 spiro atoms. The Morgan fingerprint density at radius 2 is 2.07 bits per heavy atom. The van der Waals surface area contributed by atoms with Crippen LogP contribution in [0.5, 0.6) is 0 Å². The Kier molecular flexibility index (Phi) is 2.24. The van der Waals surface area contributed by atoms with E-state index in [0.717, 1.165) is 11.4 Å². The van der Waals surface area contributed by atoms with Crippen molar-refractivity contribution in [3.63, 3.8) is 0 Å². The standard InChI is InChI=1S/C9H11N5/c1-14-8(6-10)12-9(13-14)7-2-4-11-5-3-7/h2-5H,6,10H2,1H3. The van der Waals surface area contributed by atoms with Crippen LogP contribution >= 0.6 is 0 Å². The fourth-order valence-electron chi connectivity index (χ4n) is 1.22. The van der Waals surface area contributed by atoms with E-state index in [-0.39, 0.29) is 0 Å². The molecule has 0 fully saturated rings. The largest absolute Gasteiger partial charge is 0.324 e. The molecule has 0 aromatic carbocycles. The molecule has 2 aromatic rings. The lowest BCUT2D eigenvalue weighted by molar-refractivity contribution is 0.703. The average Bonchev–Trinajstić information content (AvgIpc) is 2.61. The molecule has 0 unspecified atom stereocenters. The highest BCUT2D eigenvalue weighted by atomic mass is 15.3. The minimum absolute atomic E-state index is 0.397. The Labute approximate surface area is 81.6 Å². The van der Waals surface area contributed by atoms with Gasteiger partial charge in [-0.15, -0.1) is 0 Å². The molecule has 2 rings (SSSR count). The molecule has 0 radical (unpaired) electrons. The normalized spacial score (nSPS) is 10.4. The minimum atomic E-state index is 0.397. The zero-order valence-corrected chi connectivity index (χ0v) is 7.88. The number of hydrogen-bond donors (Lipinski definition) is 1.